The quantitative estimate of drug-likeness (QED) is 0.0635. The maximum absolute atomic E-state index is 13.3. The number of hydrogen-bond donors (Lipinski definition) is 8. The van der Waals surface area contributed by atoms with Crippen molar-refractivity contribution in [2.45, 2.75) is 33.4 Å². The van der Waals surface area contributed by atoms with E-state index in [2.05, 4.69) is 10.6 Å². The van der Waals surface area contributed by atoms with E-state index >= 15 is 0 Å². The standard InChI is InChI=1S/C35H30N4O13S4/c1-19-11-13-21(15-27(19)36-33-25-9-5-3-7-23(25)31(17-29(33)40)55(47,48)49)53(43,44)38-35(42)39-54(45,46)22-14-12-20(2)28(16-22)37-34-26-10-6-4-8-24(26)32(18-30(34)41)56(50,51)52/h3-18,36-37,40-41H,1-2H3,(H2,38,39,42)(H,47,48,49)(H,50,51,52). The molecule has 0 aliphatic carbocycles. The van der Waals surface area contributed by atoms with Gasteiger partial charge in [-0.3, -0.25) is 9.11 Å². The van der Waals surface area contributed by atoms with Gasteiger partial charge in [0.1, 0.15) is 21.3 Å². The maximum atomic E-state index is 13.3. The van der Waals surface area contributed by atoms with E-state index in [9.17, 15) is 57.8 Å². The molecule has 56 heavy (non-hydrogen) atoms. The Balaban J connectivity index is 1.25. The summed E-state index contributed by atoms with van der Waals surface area (Å²) < 4.78 is 124. The van der Waals surface area contributed by atoms with Crippen LogP contribution in [-0.4, -0.2) is 59.0 Å². The number of phenols is 2. The lowest BCUT2D eigenvalue weighted by Gasteiger charge is -2.17. The molecule has 0 aliphatic heterocycles. The van der Waals surface area contributed by atoms with Crippen LogP contribution in [0.4, 0.5) is 27.5 Å². The fourth-order valence-electron chi connectivity index (χ4n) is 5.80. The SMILES string of the molecule is Cc1ccc(S(=O)(=O)NC(=O)NS(=O)(=O)c2ccc(C)c(Nc3c(O)cc(S(=O)(=O)O)c4ccccc34)c2)cc1Nc1c(O)cc(S(=O)(=O)O)c2ccccc12. The molecule has 0 atom stereocenters. The van der Waals surface area contributed by atoms with Gasteiger partial charge in [-0.25, -0.2) is 31.1 Å². The molecule has 0 aromatic heterocycles. The molecule has 0 saturated heterocycles. The summed E-state index contributed by atoms with van der Waals surface area (Å²) in [4.78, 5) is 10.8. The first-order valence-corrected chi connectivity index (χ1v) is 21.7. The van der Waals surface area contributed by atoms with Gasteiger partial charge in [0.15, 0.2) is 0 Å². The van der Waals surface area contributed by atoms with E-state index in [-0.39, 0.29) is 44.3 Å². The number of aryl methyl sites for hydroxylation is 2. The second-order valence-corrected chi connectivity index (χ2v) is 18.5. The summed E-state index contributed by atoms with van der Waals surface area (Å²) in [5.74, 6) is -1.19. The van der Waals surface area contributed by atoms with Crippen LogP contribution in [0.25, 0.3) is 21.5 Å². The number of urea groups is 1. The molecule has 0 heterocycles. The smallest absolute Gasteiger partial charge is 0.342 e. The minimum atomic E-state index is -4.76. The van der Waals surface area contributed by atoms with E-state index in [1.54, 1.807) is 35.4 Å². The zero-order chi connectivity index (χ0) is 41.0. The number of carbonyl (C=O) groups excluding carboxylic acids is 1. The number of aromatic hydroxyl groups is 2. The van der Waals surface area contributed by atoms with Crippen LogP contribution in [0.2, 0.25) is 0 Å². The third-order valence-corrected chi connectivity index (χ3v) is 13.0. The Morgan fingerprint density at radius 2 is 0.839 bits per heavy atom. The minimum absolute atomic E-state index is 0.0343. The lowest BCUT2D eigenvalue weighted by atomic mass is 10.1. The van der Waals surface area contributed by atoms with Crippen molar-refractivity contribution in [3.63, 3.8) is 0 Å². The van der Waals surface area contributed by atoms with Crippen LogP contribution in [0.1, 0.15) is 11.1 Å². The molecule has 17 nitrogen and oxygen atoms in total. The molecule has 6 aromatic carbocycles. The highest BCUT2D eigenvalue weighted by atomic mass is 32.2. The van der Waals surface area contributed by atoms with E-state index in [0.717, 1.165) is 36.4 Å². The van der Waals surface area contributed by atoms with E-state index in [0.29, 0.717) is 11.1 Å². The Morgan fingerprint density at radius 1 is 0.500 bits per heavy atom. The van der Waals surface area contributed by atoms with Crippen LogP contribution in [0, 0.1) is 13.8 Å². The van der Waals surface area contributed by atoms with Gasteiger partial charge >= 0.3 is 6.03 Å². The molecule has 6 rings (SSSR count). The summed E-state index contributed by atoms with van der Waals surface area (Å²) in [5, 5.41) is 27.6. The lowest BCUT2D eigenvalue weighted by molar-refractivity contribution is 0.250. The van der Waals surface area contributed by atoms with Crippen LogP contribution < -0.4 is 20.1 Å². The molecule has 292 valence electrons. The monoisotopic (exact) mass is 842 g/mol. The van der Waals surface area contributed by atoms with Crippen LogP contribution in [0.5, 0.6) is 11.5 Å². The average Bonchev–Trinajstić information content (AvgIpc) is 3.10. The van der Waals surface area contributed by atoms with Crippen molar-refractivity contribution in [1.82, 2.24) is 9.44 Å². The van der Waals surface area contributed by atoms with Crippen molar-refractivity contribution in [3.05, 3.63) is 108 Å². The van der Waals surface area contributed by atoms with Gasteiger partial charge in [-0.2, -0.15) is 16.8 Å². The third-order valence-electron chi connectivity index (χ3n) is 8.54. The number of benzene rings is 6. The summed E-state index contributed by atoms with van der Waals surface area (Å²) in [5.41, 5.74) is 0.996. The number of sulfonamides is 2. The highest BCUT2D eigenvalue weighted by Crippen LogP contribution is 2.41. The van der Waals surface area contributed by atoms with E-state index < -0.39 is 77.4 Å². The molecule has 0 aliphatic rings. The molecule has 2 amide bonds. The Kier molecular flexibility index (Phi) is 10.1. The normalized spacial score (nSPS) is 12.4. The van der Waals surface area contributed by atoms with Crippen LogP contribution >= 0.6 is 0 Å². The summed E-state index contributed by atoms with van der Waals surface area (Å²) in [6.45, 7) is 3.17. The number of carbonyl (C=O) groups is 1. The molecular weight excluding hydrogens is 813 g/mol. The van der Waals surface area contributed by atoms with E-state index in [1.807, 2.05) is 0 Å². The van der Waals surface area contributed by atoms with E-state index in [4.69, 9.17) is 0 Å². The fourth-order valence-corrected chi connectivity index (χ4v) is 9.17. The lowest BCUT2D eigenvalue weighted by Crippen LogP contribution is -2.42. The second-order valence-electron chi connectivity index (χ2n) is 12.3. The van der Waals surface area contributed by atoms with Crippen molar-refractivity contribution in [2.75, 3.05) is 10.6 Å². The predicted molar refractivity (Wildman–Crippen MR) is 206 cm³/mol. The van der Waals surface area contributed by atoms with Gasteiger partial charge in [0.2, 0.25) is 0 Å². The summed E-state index contributed by atoms with van der Waals surface area (Å²) in [6.07, 6.45) is 0. The summed E-state index contributed by atoms with van der Waals surface area (Å²) in [7, 11) is -19.0. The number of anilines is 4. The van der Waals surface area contributed by atoms with Crippen molar-refractivity contribution < 1.29 is 57.8 Å². The number of rotatable bonds is 10. The van der Waals surface area contributed by atoms with Crippen molar-refractivity contribution >= 4 is 90.6 Å². The molecular formula is C35H30N4O13S4. The van der Waals surface area contributed by atoms with Crippen LogP contribution in [0.15, 0.2) is 117 Å². The fraction of sp³-hybridized carbons (Fsp3) is 0.0571. The highest BCUT2D eigenvalue weighted by molar-refractivity contribution is 7.91. The van der Waals surface area contributed by atoms with Crippen molar-refractivity contribution in [1.29, 1.82) is 0 Å². The second kappa shape index (κ2) is 14.3. The number of phenolic OH excluding ortho intramolecular Hbond substituents is 2. The number of hydrogen-bond acceptors (Lipinski definition) is 13. The van der Waals surface area contributed by atoms with Gasteiger partial charge in [0.25, 0.3) is 40.3 Å². The van der Waals surface area contributed by atoms with Crippen LogP contribution in [-0.2, 0) is 40.3 Å². The molecule has 0 unspecified atom stereocenters. The molecule has 0 bridgehead atoms. The first kappa shape index (κ1) is 39.7. The Bertz CT molecular complexity index is 2880. The van der Waals surface area contributed by atoms with Gasteiger partial charge in [-0.05, 0) is 49.2 Å². The summed E-state index contributed by atoms with van der Waals surface area (Å²) in [6, 6.07) is 18.9. The zero-order valence-electron chi connectivity index (χ0n) is 28.8. The molecule has 8 N–H and O–H groups in total. The van der Waals surface area contributed by atoms with Gasteiger partial charge < -0.3 is 20.8 Å². The maximum Gasteiger partial charge on any atom is 0.342 e. The molecule has 0 spiro atoms. The zero-order valence-corrected chi connectivity index (χ0v) is 32.1. The van der Waals surface area contributed by atoms with Gasteiger partial charge in [-0.15, -0.1) is 0 Å². The Hall–Kier alpha value is -5.97. The number of nitrogens with one attached hydrogen (secondary N) is 4. The average molecular weight is 843 g/mol. The van der Waals surface area contributed by atoms with E-state index in [1.165, 1.54) is 48.5 Å². The van der Waals surface area contributed by atoms with Gasteiger partial charge in [0.05, 0.1) is 21.2 Å². The molecule has 0 radical (unpaired) electrons. The molecule has 0 fully saturated rings. The number of fused-ring (bicyclic) bond motifs is 2. The first-order chi connectivity index (χ1) is 26.1. The van der Waals surface area contributed by atoms with Crippen molar-refractivity contribution in [3.8, 4) is 11.5 Å². The highest BCUT2D eigenvalue weighted by Gasteiger charge is 2.26. The topological polar surface area (TPSA) is 283 Å². The Labute approximate surface area is 320 Å². The van der Waals surface area contributed by atoms with Gasteiger partial charge in [0, 0.05) is 45.1 Å². The van der Waals surface area contributed by atoms with Crippen LogP contribution in [0.3, 0.4) is 0 Å². The molecule has 6 aromatic rings. The van der Waals surface area contributed by atoms with Gasteiger partial charge in [-0.1, -0.05) is 60.7 Å². The largest absolute Gasteiger partial charge is 0.506 e. The minimum Gasteiger partial charge on any atom is -0.506 e. The molecule has 0 saturated carbocycles. The predicted octanol–water partition coefficient (Wildman–Crippen LogP) is 5.38. The van der Waals surface area contributed by atoms with Crippen molar-refractivity contribution in [2.24, 2.45) is 0 Å². The Morgan fingerprint density at radius 3 is 1.18 bits per heavy atom. The molecule has 21 heteroatoms. The third kappa shape index (κ3) is 7.89. The number of amides is 2. The first-order valence-electron chi connectivity index (χ1n) is 15.9. The summed E-state index contributed by atoms with van der Waals surface area (Å²) >= 11 is 0.